The number of thiazole rings is 1. The van der Waals surface area contributed by atoms with Gasteiger partial charge in [-0.1, -0.05) is 71.9 Å². The molecular formula is C28H21ClF3N5OS2. The summed E-state index contributed by atoms with van der Waals surface area (Å²) in [6.07, 6.45) is -2.20. The van der Waals surface area contributed by atoms with Crippen LogP contribution >= 0.6 is 34.7 Å². The normalized spacial score (nSPS) is 11.5. The first-order valence-corrected chi connectivity index (χ1v) is 14.2. The largest absolute Gasteiger partial charge is 0.416 e. The van der Waals surface area contributed by atoms with Gasteiger partial charge in [-0.15, -0.1) is 21.5 Å². The Balaban J connectivity index is 1.25. The van der Waals surface area contributed by atoms with E-state index in [1.165, 1.54) is 35.4 Å². The molecule has 0 radical (unpaired) electrons. The van der Waals surface area contributed by atoms with E-state index in [9.17, 15) is 18.0 Å². The monoisotopic (exact) mass is 599 g/mol. The number of nitrogens with one attached hydrogen (secondary N) is 1. The highest BCUT2D eigenvalue weighted by Gasteiger charge is 2.31. The molecule has 0 bridgehead atoms. The fourth-order valence-electron chi connectivity index (χ4n) is 3.93. The fourth-order valence-corrected chi connectivity index (χ4v) is 5.74. The van der Waals surface area contributed by atoms with Gasteiger partial charge in [-0.25, -0.2) is 4.98 Å². The number of aromatic nitrogens is 4. The first-order chi connectivity index (χ1) is 19.3. The maximum Gasteiger partial charge on any atom is 0.416 e. The Hall–Kier alpha value is -3.67. The lowest BCUT2D eigenvalue weighted by atomic mass is 10.1. The third kappa shape index (κ3) is 6.90. The van der Waals surface area contributed by atoms with E-state index in [0.29, 0.717) is 27.1 Å². The van der Waals surface area contributed by atoms with E-state index in [2.05, 4.69) is 20.5 Å². The van der Waals surface area contributed by atoms with Crippen LogP contribution < -0.4 is 5.32 Å². The van der Waals surface area contributed by atoms with Crippen LogP contribution in [-0.4, -0.2) is 31.4 Å². The lowest BCUT2D eigenvalue weighted by molar-refractivity contribution is -0.137. The summed E-state index contributed by atoms with van der Waals surface area (Å²) in [4.78, 5) is 17.6. The molecule has 0 spiro atoms. The lowest BCUT2D eigenvalue weighted by Crippen LogP contribution is -2.14. The first-order valence-electron chi connectivity index (χ1n) is 12.0. The van der Waals surface area contributed by atoms with Crippen LogP contribution in [0.4, 0.5) is 18.3 Å². The molecule has 0 aliphatic rings. The van der Waals surface area contributed by atoms with Gasteiger partial charge < -0.3 is 5.32 Å². The van der Waals surface area contributed by atoms with Gasteiger partial charge in [-0.3, -0.25) is 9.36 Å². The van der Waals surface area contributed by atoms with E-state index < -0.39 is 11.7 Å². The fraction of sp³-hybridized carbons (Fsp3) is 0.143. The number of para-hydroxylation sites is 1. The predicted octanol–water partition coefficient (Wildman–Crippen LogP) is 7.31. The van der Waals surface area contributed by atoms with Crippen molar-refractivity contribution in [1.29, 1.82) is 0 Å². The molecule has 12 heteroatoms. The maximum atomic E-state index is 13.1. The minimum atomic E-state index is -4.46. The highest BCUT2D eigenvalue weighted by Crippen LogP contribution is 2.33. The molecular weight excluding hydrogens is 579 g/mol. The molecule has 6 nitrogen and oxygen atoms in total. The van der Waals surface area contributed by atoms with Gasteiger partial charge in [-0.05, 0) is 41.5 Å². The number of rotatable bonds is 9. The van der Waals surface area contributed by atoms with Crippen molar-refractivity contribution in [2.45, 2.75) is 24.2 Å². The van der Waals surface area contributed by atoms with Crippen LogP contribution in [0.2, 0.25) is 5.02 Å². The highest BCUT2D eigenvalue weighted by molar-refractivity contribution is 7.99. The molecule has 5 rings (SSSR count). The third-order valence-corrected chi connectivity index (χ3v) is 8.00. The number of benzene rings is 3. The molecule has 0 aliphatic heterocycles. The van der Waals surface area contributed by atoms with Crippen molar-refractivity contribution < 1.29 is 18.0 Å². The highest BCUT2D eigenvalue weighted by atomic mass is 35.5. The molecule has 0 aliphatic carbocycles. The average molecular weight is 600 g/mol. The Morgan fingerprint density at radius 3 is 2.42 bits per heavy atom. The summed E-state index contributed by atoms with van der Waals surface area (Å²) in [7, 11) is 0. The van der Waals surface area contributed by atoms with Gasteiger partial charge >= 0.3 is 6.18 Å². The molecule has 40 heavy (non-hydrogen) atoms. The summed E-state index contributed by atoms with van der Waals surface area (Å²) >= 11 is 8.55. The number of nitrogens with zero attached hydrogens (tertiary/aromatic N) is 4. The van der Waals surface area contributed by atoms with Gasteiger partial charge in [0.2, 0.25) is 5.91 Å². The van der Waals surface area contributed by atoms with Crippen LogP contribution in [0.3, 0.4) is 0 Å². The number of carbonyl (C=O) groups is 1. The number of alkyl halides is 3. The maximum absolute atomic E-state index is 13.1. The molecule has 1 amide bonds. The molecule has 0 unspecified atom stereocenters. The summed E-state index contributed by atoms with van der Waals surface area (Å²) < 4.78 is 41.2. The van der Waals surface area contributed by atoms with E-state index in [4.69, 9.17) is 11.6 Å². The van der Waals surface area contributed by atoms with E-state index in [1.807, 2.05) is 65.2 Å². The second-order valence-electron chi connectivity index (χ2n) is 8.68. The van der Waals surface area contributed by atoms with Gasteiger partial charge in [-0.2, -0.15) is 13.2 Å². The van der Waals surface area contributed by atoms with Crippen LogP contribution in [0.5, 0.6) is 0 Å². The smallest absolute Gasteiger partial charge is 0.301 e. The second kappa shape index (κ2) is 12.2. The summed E-state index contributed by atoms with van der Waals surface area (Å²) in [6, 6.07) is 22.8. The Morgan fingerprint density at radius 2 is 1.70 bits per heavy atom. The molecule has 3 aromatic carbocycles. The first kappa shape index (κ1) is 27.9. The zero-order chi connectivity index (χ0) is 28.1. The van der Waals surface area contributed by atoms with Crippen molar-refractivity contribution in [1.82, 2.24) is 19.7 Å². The molecule has 2 heterocycles. The molecule has 0 saturated heterocycles. The summed E-state index contributed by atoms with van der Waals surface area (Å²) in [5.41, 5.74) is 1.55. The number of halogens is 4. The standard InChI is InChI=1S/C28H21ClF3N5OS2/c29-23-12-11-20(28(30,31)32)14-19(23)15-22-16-33-26(40-22)34-25(38)17-39-27-36-35-24(13-18-7-3-1-4-8-18)37(27)21-9-5-2-6-10-21/h1-12,14,16H,13,15,17H2,(H,33,34,38). The van der Waals surface area contributed by atoms with Gasteiger partial charge in [0.15, 0.2) is 10.3 Å². The molecule has 5 aromatic rings. The van der Waals surface area contributed by atoms with Gasteiger partial charge in [0.25, 0.3) is 0 Å². The van der Waals surface area contributed by atoms with Crippen LogP contribution in [0.15, 0.2) is 90.2 Å². The minimum absolute atomic E-state index is 0.0602. The molecule has 2 aromatic heterocycles. The molecule has 0 fully saturated rings. The number of thioether (sulfide) groups is 1. The van der Waals surface area contributed by atoms with Crippen molar-refractivity contribution >= 4 is 45.7 Å². The Morgan fingerprint density at radius 1 is 0.975 bits per heavy atom. The van der Waals surface area contributed by atoms with Crippen LogP contribution in [0.1, 0.15) is 27.4 Å². The van der Waals surface area contributed by atoms with Crippen molar-refractivity contribution in [3.05, 3.63) is 117 Å². The molecule has 0 atom stereocenters. The number of carbonyl (C=O) groups excluding carboxylic acids is 1. The zero-order valence-corrected chi connectivity index (χ0v) is 23.1. The number of hydrogen-bond donors (Lipinski definition) is 1. The Kier molecular flexibility index (Phi) is 8.53. The lowest BCUT2D eigenvalue weighted by Gasteiger charge is -2.10. The Labute approximate surface area is 241 Å². The van der Waals surface area contributed by atoms with Gasteiger partial charge in [0.1, 0.15) is 5.82 Å². The predicted molar refractivity (Wildman–Crippen MR) is 151 cm³/mol. The van der Waals surface area contributed by atoms with Crippen LogP contribution in [0, 0.1) is 0 Å². The van der Waals surface area contributed by atoms with E-state index in [-0.39, 0.29) is 23.1 Å². The van der Waals surface area contributed by atoms with Crippen LogP contribution in [-0.2, 0) is 23.8 Å². The van der Waals surface area contributed by atoms with Crippen molar-refractivity contribution in [3.63, 3.8) is 0 Å². The van der Waals surface area contributed by atoms with E-state index in [1.54, 1.807) is 0 Å². The SMILES string of the molecule is O=C(CSc1nnc(Cc2ccccc2)n1-c1ccccc1)Nc1ncc(Cc2cc(C(F)(F)F)ccc2Cl)s1. The summed E-state index contributed by atoms with van der Waals surface area (Å²) in [5, 5.41) is 12.6. The number of hydrogen-bond acceptors (Lipinski definition) is 6. The summed E-state index contributed by atoms with van der Waals surface area (Å²) in [6.45, 7) is 0. The molecule has 1 N–H and O–H groups in total. The van der Waals surface area contributed by atoms with Crippen LogP contribution in [0.25, 0.3) is 5.69 Å². The average Bonchev–Trinajstić information content (AvgIpc) is 3.55. The molecule has 204 valence electrons. The van der Waals surface area contributed by atoms with Crippen molar-refractivity contribution in [3.8, 4) is 5.69 Å². The van der Waals surface area contributed by atoms with Crippen molar-refractivity contribution in [2.24, 2.45) is 0 Å². The van der Waals surface area contributed by atoms with Gasteiger partial charge in [0, 0.05) is 34.6 Å². The molecule has 0 saturated carbocycles. The number of amides is 1. The minimum Gasteiger partial charge on any atom is -0.301 e. The van der Waals surface area contributed by atoms with E-state index in [0.717, 1.165) is 29.2 Å². The topological polar surface area (TPSA) is 72.7 Å². The number of anilines is 1. The Bertz CT molecular complexity index is 1610. The van der Waals surface area contributed by atoms with E-state index >= 15 is 0 Å². The summed E-state index contributed by atoms with van der Waals surface area (Å²) in [5.74, 6) is 0.512. The third-order valence-electron chi connectivity index (χ3n) is 5.79. The quantitative estimate of drug-likeness (QED) is 0.180. The second-order valence-corrected chi connectivity index (χ2v) is 11.1. The van der Waals surface area contributed by atoms with Crippen molar-refractivity contribution in [2.75, 3.05) is 11.1 Å². The zero-order valence-electron chi connectivity index (χ0n) is 20.7. The van der Waals surface area contributed by atoms with Gasteiger partial charge in [0.05, 0.1) is 11.3 Å².